The molecule has 0 aliphatic rings. The van der Waals surface area contributed by atoms with Gasteiger partial charge in [-0.15, -0.1) is 29.8 Å². The fourth-order valence-corrected chi connectivity index (χ4v) is 3.18. The summed E-state index contributed by atoms with van der Waals surface area (Å²) >= 11 is 0. The lowest BCUT2D eigenvalue weighted by atomic mass is 10.2. The van der Waals surface area contributed by atoms with Crippen molar-refractivity contribution in [3.63, 3.8) is 0 Å². The summed E-state index contributed by atoms with van der Waals surface area (Å²) in [5, 5.41) is 13.6. The van der Waals surface area contributed by atoms with E-state index in [1.54, 1.807) is 0 Å². The third-order valence-electron chi connectivity index (χ3n) is 5.13. The summed E-state index contributed by atoms with van der Waals surface area (Å²) in [6.07, 6.45) is 4.74. The number of aryl methyl sites for hydroxylation is 6. The Morgan fingerprint density at radius 3 is 1.06 bits per heavy atom. The van der Waals surface area contributed by atoms with E-state index < -0.39 is 7.32 Å². The first-order valence-electron chi connectivity index (χ1n) is 11.3. The van der Waals surface area contributed by atoms with Gasteiger partial charge in [-0.25, -0.2) is 0 Å². The Hall–Kier alpha value is -2.91. The molecule has 3 heterocycles. The van der Waals surface area contributed by atoms with Crippen molar-refractivity contribution in [3.8, 4) is 0 Å². The highest BCUT2D eigenvalue weighted by molar-refractivity contribution is 6.37. The summed E-state index contributed by atoms with van der Waals surface area (Å²) in [5.74, 6) is 0. The molecule has 0 bridgehead atoms. The largest absolute Gasteiger partial charge is 0.929 e. The molecule has 3 aromatic rings. The third-order valence-corrected chi connectivity index (χ3v) is 5.13. The van der Waals surface area contributed by atoms with Crippen molar-refractivity contribution in [2.75, 3.05) is 0 Å². The zero-order valence-electron chi connectivity index (χ0n) is 19.5. The number of aromatic nitrogens is 6. The van der Waals surface area contributed by atoms with Crippen LogP contribution in [0.25, 0.3) is 0 Å². The Morgan fingerprint density at radius 1 is 0.548 bits per heavy atom. The highest BCUT2D eigenvalue weighted by Crippen LogP contribution is 2.09. The molecule has 31 heavy (non-hydrogen) atoms. The molecule has 3 aromatic heterocycles. The van der Waals surface area contributed by atoms with Gasteiger partial charge in [0.15, 0.2) is 0 Å². The van der Waals surface area contributed by atoms with Crippen molar-refractivity contribution in [2.45, 2.75) is 80.1 Å². The van der Waals surface area contributed by atoms with Crippen LogP contribution >= 0.6 is 0 Å². The van der Waals surface area contributed by atoms with E-state index in [1.807, 2.05) is 18.2 Å². The average molecular weight is 428 g/mol. The minimum Gasteiger partial charge on any atom is -0.380 e. The van der Waals surface area contributed by atoms with E-state index in [0.29, 0.717) is 0 Å². The van der Waals surface area contributed by atoms with Crippen LogP contribution in [0.1, 0.15) is 75.7 Å². The van der Waals surface area contributed by atoms with Crippen LogP contribution in [0.5, 0.6) is 0 Å². The molecule has 0 unspecified atom stereocenters. The van der Waals surface area contributed by atoms with E-state index >= 15 is 0 Å². The molecule has 0 saturated carbocycles. The smallest absolute Gasteiger partial charge is 0.380 e. The summed E-state index contributed by atoms with van der Waals surface area (Å²) in [7, 11) is -1.14. The summed E-state index contributed by atoms with van der Waals surface area (Å²) in [6.45, 7) is 12.3. The van der Waals surface area contributed by atoms with Crippen LogP contribution < -0.4 is 14.3 Å². The van der Waals surface area contributed by atoms with E-state index in [2.05, 4.69) is 56.8 Å². The number of rotatable bonds is 12. The molecule has 10 heteroatoms. The predicted octanol–water partition coefficient (Wildman–Crippen LogP) is 2.32. The first kappa shape index (κ1) is 22.8. The van der Waals surface area contributed by atoms with E-state index in [9.17, 15) is 0 Å². The number of hydrogen-bond donors (Lipinski definition) is 0. The normalized spacial score (nSPS) is 11.0. The van der Waals surface area contributed by atoms with Gasteiger partial charge in [-0.2, -0.15) is 0 Å². The fraction of sp³-hybridized carbons (Fsp3) is 0.571. The van der Waals surface area contributed by atoms with Crippen LogP contribution in [0, 0.1) is 0 Å². The Labute approximate surface area is 184 Å². The lowest BCUT2D eigenvalue weighted by Crippen LogP contribution is -2.50. The van der Waals surface area contributed by atoms with Crippen LogP contribution in [0.3, 0.4) is 0 Å². The van der Waals surface area contributed by atoms with Crippen molar-refractivity contribution in [1.29, 1.82) is 0 Å². The molecule has 0 atom stereocenters. The van der Waals surface area contributed by atoms with Gasteiger partial charge in [-0.05, 0) is 56.7 Å². The van der Waals surface area contributed by atoms with Crippen molar-refractivity contribution >= 4 is 7.32 Å². The van der Waals surface area contributed by atoms with Gasteiger partial charge in [0.2, 0.25) is 0 Å². The summed E-state index contributed by atoms with van der Waals surface area (Å²) < 4.78 is 18.2. The Bertz CT molecular complexity index is 856. The maximum Gasteiger partial charge on any atom is 0.929 e. The minimum atomic E-state index is -1.14. The topological polar surface area (TPSA) is 81.1 Å². The van der Waals surface area contributed by atoms with E-state index in [0.717, 1.165) is 72.7 Å². The molecule has 0 aromatic carbocycles. The second kappa shape index (κ2) is 10.4. The average Bonchev–Trinajstić information content (AvgIpc) is 3.49. The second-order valence-electron chi connectivity index (χ2n) is 7.23. The zero-order valence-corrected chi connectivity index (χ0v) is 19.5. The van der Waals surface area contributed by atoms with Gasteiger partial charge in [0, 0.05) is 0 Å². The molecule has 0 aliphatic heterocycles. The SMILES string of the molecule is CCc1cc(CC)n(OB(On2nc(CC)cc2CC)On2nc(CC)cc2CC)n1. The Kier molecular flexibility index (Phi) is 7.65. The van der Waals surface area contributed by atoms with Crippen molar-refractivity contribution in [1.82, 2.24) is 29.8 Å². The molecule has 0 radical (unpaired) electrons. The van der Waals surface area contributed by atoms with E-state index in [1.165, 1.54) is 14.5 Å². The molecule has 0 N–H and O–H groups in total. The zero-order chi connectivity index (χ0) is 22.4. The highest BCUT2D eigenvalue weighted by atomic mass is 16.9. The molecule has 9 nitrogen and oxygen atoms in total. The Morgan fingerprint density at radius 2 is 0.839 bits per heavy atom. The van der Waals surface area contributed by atoms with Crippen molar-refractivity contribution in [3.05, 3.63) is 52.4 Å². The van der Waals surface area contributed by atoms with Gasteiger partial charge < -0.3 is 14.3 Å². The molecule has 0 saturated heterocycles. The summed E-state index contributed by atoms with van der Waals surface area (Å²) in [4.78, 5) is 4.44. The first-order valence-corrected chi connectivity index (χ1v) is 11.3. The molecule has 0 spiro atoms. The molecule has 0 aliphatic carbocycles. The number of nitrogens with zero attached hydrogens (tertiary/aromatic N) is 6. The second-order valence-corrected chi connectivity index (χ2v) is 7.23. The van der Waals surface area contributed by atoms with Gasteiger partial charge in [-0.3, -0.25) is 0 Å². The molecule has 168 valence electrons. The minimum absolute atomic E-state index is 0.768. The van der Waals surface area contributed by atoms with Crippen LogP contribution in [-0.4, -0.2) is 37.2 Å². The lowest BCUT2D eigenvalue weighted by molar-refractivity contribution is 0.0334. The highest BCUT2D eigenvalue weighted by Gasteiger charge is 2.36. The monoisotopic (exact) mass is 428 g/mol. The van der Waals surface area contributed by atoms with Gasteiger partial charge in [0.1, 0.15) is 0 Å². The van der Waals surface area contributed by atoms with Crippen LogP contribution in [0.15, 0.2) is 18.2 Å². The van der Waals surface area contributed by atoms with Gasteiger partial charge in [0.05, 0.1) is 34.2 Å². The Balaban J connectivity index is 1.92. The van der Waals surface area contributed by atoms with Gasteiger partial charge in [-0.1, -0.05) is 41.5 Å². The third kappa shape index (κ3) is 5.23. The molecular formula is C21H33BN6O3. The van der Waals surface area contributed by atoms with Crippen LogP contribution in [-0.2, 0) is 38.5 Å². The summed E-state index contributed by atoms with van der Waals surface area (Å²) in [6, 6.07) is 6.08. The predicted molar refractivity (Wildman–Crippen MR) is 118 cm³/mol. The first-order chi connectivity index (χ1) is 15.0. The molecule has 0 amide bonds. The fourth-order valence-electron chi connectivity index (χ4n) is 3.18. The van der Waals surface area contributed by atoms with Gasteiger partial charge in [0.25, 0.3) is 0 Å². The van der Waals surface area contributed by atoms with Crippen LogP contribution in [0.2, 0.25) is 0 Å². The van der Waals surface area contributed by atoms with Crippen molar-refractivity contribution < 1.29 is 14.3 Å². The summed E-state index contributed by atoms with van der Waals surface area (Å²) in [5.41, 5.74) is 5.64. The quantitative estimate of drug-likeness (QED) is 0.412. The lowest BCUT2D eigenvalue weighted by Gasteiger charge is -2.17. The molecule has 3 rings (SSSR count). The maximum atomic E-state index is 6.05. The van der Waals surface area contributed by atoms with E-state index in [4.69, 9.17) is 14.3 Å². The molecular weight excluding hydrogens is 395 g/mol. The standard InChI is InChI=1S/C21H33BN6O3/c1-7-16-13-19(10-4)26(23-16)29-22(30-27-20(11-5)14-17(8-2)24-27)31-28-21(12-6)15-18(9-3)25-28/h13-15H,7-12H2,1-6H3. The van der Waals surface area contributed by atoms with E-state index in [-0.39, 0.29) is 0 Å². The molecule has 0 fully saturated rings. The van der Waals surface area contributed by atoms with Gasteiger partial charge >= 0.3 is 7.32 Å². The maximum absolute atomic E-state index is 6.05. The number of hydrogen-bond acceptors (Lipinski definition) is 6. The van der Waals surface area contributed by atoms with Crippen molar-refractivity contribution in [2.24, 2.45) is 0 Å². The van der Waals surface area contributed by atoms with Crippen LogP contribution in [0.4, 0.5) is 0 Å².